The quantitative estimate of drug-likeness (QED) is 0.883. The van der Waals surface area contributed by atoms with Crippen molar-refractivity contribution in [3.63, 3.8) is 0 Å². The summed E-state index contributed by atoms with van der Waals surface area (Å²) < 4.78 is 5.30. The highest BCUT2D eigenvalue weighted by molar-refractivity contribution is 5.52. The van der Waals surface area contributed by atoms with Crippen molar-refractivity contribution in [2.45, 2.75) is 44.6 Å². The fourth-order valence-electron chi connectivity index (χ4n) is 3.24. The molecule has 2 atom stereocenters. The van der Waals surface area contributed by atoms with Crippen LogP contribution in [-0.2, 0) is 0 Å². The van der Waals surface area contributed by atoms with E-state index in [-0.39, 0.29) is 0 Å². The van der Waals surface area contributed by atoms with Gasteiger partial charge in [0, 0.05) is 12.2 Å². The maximum atomic E-state index is 5.30. The van der Waals surface area contributed by atoms with Gasteiger partial charge in [0.1, 0.15) is 0 Å². The molecule has 18 heavy (non-hydrogen) atoms. The Kier molecular flexibility index (Phi) is 3.39. The van der Waals surface area contributed by atoms with Crippen molar-refractivity contribution in [3.05, 3.63) is 18.3 Å². The molecule has 1 aromatic heterocycles. The predicted octanol–water partition coefficient (Wildman–Crippen LogP) is 3.47. The number of nitrogens with zero attached hydrogens (tertiary/aromatic N) is 1. The molecule has 2 aliphatic rings. The number of methoxy groups -OCH3 is 1. The maximum Gasteiger partial charge on any atom is 0.237 e. The second-order valence-electron chi connectivity index (χ2n) is 5.67. The molecule has 0 saturated heterocycles. The number of aromatic nitrogens is 1. The van der Waals surface area contributed by atoms with Crippen LogP contribution in [0, 0.1) is 11.8 Å². The highest BCUT2D eigenvalue weighted by atomic mass is 16.5. The van der Waals surface area contributed by atoms with Crippen LogP contribution in [0.5, 0.6) is 5.88 Å². The van der Waals surface area contributed by atoms with Crippen LogP contribution in [0.25, 0.3) is 0 Å². The molecule has 0 bridgehead atoms. The van der Waals surface area contributed by atoms with Gasteiger partial charge in [0.2, 0.25) is 5.88 Å². The summed E-state index contributed by atoms with van der Waals surface area (Å²) in [4.78, 5) is 4.24. The van der Waals surface area contributed by atoms with Gasteiger partial charge < -0.3 is 10.1 Å². The molecule has 2 unspecified atom stereocenters. The van der Waals surface area contributed by atoms with Gasteiger partial charge in [-0.1, -0.05) is 12.8 Å². The van der Waals surface area contributed by atoms with E-state index in [1.165, 1.54) is 38.5 Å². The lowest BCUT2D eigenvalue weighted by Gasteiger charge is -2.30. The molecule has 2 fully saturated rings. The minimum Gasteiger partial charge on any atom is -0.480 e. The number of anilines is 1. The molecule has 3 heteroatoms. The van der Waals surface area contributed by atoms with Gasteiger partial charge in [-0.05, 0) is 49.7 Å². The molecule has 2 saturated carbocycles. The van der Waals surface area contributed by atoms with Crippen LogP contribution in [-0.4, -0.2) is 18.1 Å². The smallest absolute Gasteiger partial charge is 0.237 e. The second-order valence-corrected chi connectivity index (χ2v) is 5.67. The molecule has 0 radical (unpaired) electrons. The minimum absolute atomic E-state index is 0.599. The Morgan fingerprint density at radius 1 is 1.22 bits per heavy atom. The van der Waals surface area contributed by atoms with E-state index in [1.54, 1.807) is 13.3 Å². The van der Waals surface area contributed by atoms with Crippen molar-refractivity contribution in [2.75, 3.05) is 12.4 Å². The first-order chi connectivity index (χ1) is 8.86. The fraction of sp³-hybridized carbons (Fsp3) is 0.667. The predicted molar refractivity (Wildman–Crippen MR) is 72.9 cm³/mol. The van der Waals surface area contributed by atoms with Gasteiger partial charge in [-0.25, -0.2) is 4.98 Å². The molecular weight excluding hydrogens is 224 g/mol. The van der Waals surface area contributed by atoms with Crippen LogP contribution in [0.3, 0.4) is 0 Å². The second kappa shape index (κ2) is 5.17. The molecule has 0 aromatic carbocycles. The van der Waals surface area contributed by atoms with Crippen LogP contribution < -0.4 is 10.1 Å². The lowest BCUT2D eigenvalue weighted by Crippen LogP contribution is -2.28. The van der Waals surface area contributed by atoms with Gasteiger partial charge in [0.05, 0.1) is 12.8 Å². The van der Waals surface area contributed by atoms with Crippen molar-refractivity contribution in [3.8, 4) is 5.88 Å². The Hall–Kier alpha value is -1.25. The molecule has 3 rings (SSSR count). The highest BCUT2D eigenvalue weighted by Crippen LogP contribution is 2.44. The van der Waals surface area contributed by atoms with Gasteiger partial charge in [0.25, 0.3) is 0 Å². The topological polar surface area (TPSA) is 34.1 Å². The first kappa shape index (κ1) is 11.8. The van der Waals surface area contributed by atoms with Crippen LogP contribution in [0.15, 0.2) is 18.3 Å². The van der Waals surface area contributed by atoms with E-state index >= 15 is 0 Å². The summed E-state index contributed by atoms with van der Waals surface area (Å²) in [5.74, 6) is 2.70. The number of hydrogen-bond donors (Lipinski definition) is 1. The number of ether oxygens (including phenoxy) is 1. The van der Waals surface area contributed by atoms with E-state index in [0.717, 1.165) is 17.5 Å². The Morgan fingerprint density at radius 2 is 2.11 bits per heavy atom. The van der Waals surface area contributed by atoms with Gasteiger partial charge >= 0.3 is 0 Å². The van der Waals surface area contributed by atoms with Crippen LogP contribution in [0.2, 0.25) is 0 Å². The lowest BCUT2D eigenvalue weighted by atomic mass is 9.82. The third-order valence-electron chi connectivity index (χ3n) is 4.33. The first-order valence-corrected chi connectivity index (χ1v) is 7.12. The zero-order chi connectivity index (χ0) is 12.4. The zero-order valence-electron chi connectivity index (χ0n) is 11.1. The molecule has 3 nitrogen and oxygen atoms in total. The van der Waals surface area contributed by atoms with Crippen LogP contribution in [0.1, 0.15) is 38.5 Å². The summed E-state index contributed by atoms with van der Waals surface area (Å²) in [5.41, 5.74) is 1.04. The van der Waals surface area contributed by atoms with E-state index in [1.807, 2.05) is 6.07 Å². The highest BCUT2D eigenvalue weighted by Gasteiger charge is 2.34. The largest absolute Gasteiger partial charge is 0.480 e. The summed E-state index contributed by atoms with van der Waals surface area (Å²) >= 11 is 0. The molecule has 98 valence electrons. The molecule has 0 amide bonds. The number of rotatable bonds is 4. The van der Waals surface area contributed by atoms with Gasteiger partial charge in [-0.3, -0.25) is 0 Å². The molecule has 1 heterocycles. The first-order valence-electron chi connectivity index (χ1n) is 7.12. The molecule has 0 spiro atoms. The molecule has 1 N–H and O–H groups in total. The summed E-state index contributed by atoms with van der Waals surface area (Å²) in [6.45, 7) is 0. The summed E-state index contributed by atoms with van der Waals surface area (Å²) in [5, 5.41) is 3.63. The van der Waals surface area contributed by atoms with Gasteiger partial charge in [-0.15, -0.1) is 0 Å². The molecular formula is C15H22N2O. The number of nitrogens with one attached hydrogen (secondary N) is 1. The Morgan fingerprint density at radius 3 is 2.89 bits per heavy atom. The van der Waals surface area contributed by atoms with Crippen molar-refractivity contribution >= 4 is 5.69 Å². The Bertz CT molecular complexity index is 403. The van der Waals surface area contributed by atoms with Crippen molar-refractivity contribution < 1.29 is 4.74 Å². The van der Waals surface area contributed by atoms with E-state index in [4.69, 9.17) is 4.74 Å². The fourth-order valence-corrected chi connectivity index (χ4v) is 3.24. The van der Waals surface area contributed by atoms with Crippen molar-refractivity contribution in [2.24, 2.45) is 11.8 Å². The average Bonchev–Trinajstić information content (AvgIpc) is 3.24. The van der Waals surface area contributed by atoms with Gasteiger partial charge in [-0.2, -0.15) is 0 Å². The van der Waals surface area contributed by atoms with E-state index < -0.39 is 0 Å². The number of pyridine rings is 1. The monoisotopic (exact) mass is 246 g/mol. The third-order valence-corrected chi connectivity index (χ3v) is 4.33. The summed E-state index contributed by atoms with van der Waals surface area (Å²) in [6, 6.07) is 4.63. The third kappa shape index (κ3) is 2.60. The normalized spacial score (nSPS) is 27.8. The zero-order valence-corrected chi connectivity index (χ0v) is 11.1. The number of hydrogen-bond acceptors (Lipinski definition) is 3. The van der Waals surface area contributed by atoms with E-state index in [9.17, 15) is 0 Å². The molecule has 0 aliphatic heterocycles. The standard InChI is InChI=1S/C15H22N2O/c1-18-15-14(6-3-9-16-15)17-13-5-2-4-12(10-13)11-7-8-11/h3,6,9,11-13,17H,2,4-5,7-8,10H2,1H3. The van der Waals surface area contributed by atoms with Crippen LogP contribution >= 0.6 is 0 Å². The lowest BCUT2D eigenvalue weighted by molar-refractivity contribution is 0.302. The molecule has 2 aliphatic carbocycles. The summed E-state index contributed by atoms with van der Waals surface area (Å²) in [7, 11) is 1.68. The Labute approximate surface area is 109 Å². The van der Waals surface area contributed by atoms with Crippen molar-refractivity contribution in [1.82, 2.24) is 4.98 Å². The Balaban J connectivity index is 1.64. The van der Waals surface area contributed by atoms with E-state index in [0.29, 0.717) is 11.9 Å². The van der Waals surface area contributed by atoms with Crippen molar-refractivity contribution in [1.29, 1.82) is 0 Å². The molecule has 1 aromatic rings. The maximum absolute atomic E-state index is 5.30. The minimum atomic E-state index is 0.599. The SMILES string of the molecule is COc1ncccc1NC1CCCC(C2CC2)C1. The van der Waals surface area contributed by atoms with Crippen LogP contribution in [0.4, 0.5) is 5.69 Å². The van der Waals surface area contributed by atoms with E-state index in [2.05, 4.69) is 16.4 Å². The summed E-state index contributed by atoms with van der Waals surface area (Å²) in [6.07, 6.45) is 10.1. The average molecular weight is 246 g/mol. The van der Waals surface area contributed by atoms with Gasteiger partial charge in [0.15, 0.2) is 0 Å².